The van der Waals surface area contributed by atoms with E-state index in [4.69, 9.17) is 28.4 Å². The molecule has 0 amide bonds. The number of hydrogen-bond donors (Lipinski definition) is 0. The van der Waals surface area contributed by atoms with Gasteiger partial charge < -0.3 is 28.4 Å². The summed E-state index contributed by atoms with van der Waals surface area (Å²) in [4.78, 5) is 4.82. The molecule has 0 saturated carbocycles. The van der Waals surface area contributed by atoms with Gasteiger partial charge in [0.2, 0.25) is 5.75 Å². The maximum Gasteiger partial charge on any atom is 0.204 e. The lowest BCUT2D eigenvalue weighted by atomic mass is 9.86. The SMILES string of the molecule is CC.COc1cc2c3c(c1)Oc1c(OC)c(OC)cc4c1[C@H](Cc1ccc(OC)c(c1)Oc1ccc(cc1)C[C@@H]3N(C)CC2)N(C)CC4. The highest BCUT2D eigenvalue weighted by molar-refractivity contribution is 5.64. The molecule has 0 fully saturated rings. The first-order valence-corrected chi connectivity index (χ1v) is 16.9. The van der Waals surface area contributed by atoms with Gasteiger partial charge in [0.25, 0.3) is 0 Å². The van der Waals surface area contributed by atoms with E-state index in [2.05, 4.69) is 60.3 Å². The van der Waals surface area contributed by atoms with Crippen LogP contribution in [0.5, 0.6) is 46.0 Å². The summed E-state index contributed by atoms with van der Waals surface area (Å²) in [5, 5.41) is 0. The highest BCUT2D eigenvalue weighted by Gasteiger charge is 2.35. The second-order valence-electron chi connectivity index (χ2n) is 12.4. The average molecular weight is 653 g/mol. The largest absolute Gasteiger partial charge is 0.497 e. The molecule has 48 heavy (non-hydrogen) atoms. The van der Waals surface area contributed by atoms with Crippen LogP contribution in [0.3, 0.4) is 0 Å². The Labute approximate surface area is 285 Å². The molecule has 4 aromatic carbocycles. The lowest BCUT2D eigenvalue weighted by Gasteiger charge is -2.38. The zero-order valence-corrected chi connectivity index (χ0v) is 29.5. The molecule has 4 aliphatic rings. The zero-order valence-electron chi connectivity index (χ0n) is 29.5. The van der Waals surface area contributed by atoms with Crippen molar-refractivity contribution < 1.29 is 28.4 Å². The summed E-state index contributed by atoms with van der Waals surface area (Å²) in [5.74, 6) is 5.65. The Morgan fingerprint density at radius 1 is 0.604 bits per heavy atom. The van der Waals surface area contributed by atoms with E-state index >= 15 is 0 Å². The molecule has 4 bridgehead atoms. The van der Waals surface area contributed by atoms with E-state index in [0.717, 1.165) is 67.1 Å². The molecule has 8 nitrogen and oxygen atoms in total. The molecular formula is C40H48N2O6. The summed E-state index contributed by atoms with van der Waals surface area (Å²) in [6, 6.07) is 21.0. The van der Waals surface area contributed by atoms with Gasteiger partial charge in [-0.1, -0.05) is 32.0 Å². The number of nitrogens with zero attached hydrogens (tertiary/aromatic N) is 2. The van der Waals surface area contributed by atoms with Crippen LogP contribution in [0.1, 0.15) is 59.3 Å². The van der Waals surface area contributed by atoms with E-state index in [1.165, 1.54) is 22.3 Å². The first kappa shape index (κ1) is 33.5. The van der Waals surface area contributed by atoms with E-state index < -0.39 is 0 Å². The van der Waals surface area contributed by atoms with Gasteiger partial charge in [0, 0.05) is 42.4 Å². The van der Waals surface area contributed by atoms with E-state index in [-0.39, 0.29) is 12.1 Å². The highest BCUT2D eigenvalue weighted by atomic mass is 16.5. The molecule has 0 saturated heterocycles. The minimum absolute atomic E-state index is 0.00857. The fourth-order valence-corrected chi connectivity index (χ4v) is 7.31. The summed E-state index contributed by atoms with van der Waals surface area (Å²) < 4.78 is 37.2. The van der Waals surface area contributed by atoms with Crippen molar-refractivity contribution >= 4 is 0 Å². The number of ether oxygens (including phenoxy) is 6. The van der Waals surface area contributed by atoms with Gasteiger partial charge >= 0.3 is 0 Å². The molecule has 4 aromatic rings. The third-order valence-electron chi connectivity index (χ3n) is 9.83. The molecule has 0 unspecified atom stereocenters. The molecule has 2 atom stereocenters. The van der Waals surface area contributed by atoms with Gasteiger partial charge in [-0.2, -0.15) is 0 Å². The van der Waals surface area contributed by atoms with Crippen molar-refractivity contribution in [3.63, 3.8) is 0 Å². The molecule has 0 N–H and O–H groups in total. The van der Waals surface area contributed by atoms with E-state index in [1.54, 1.807) is 28.4 Å². The van der Waals surface area contributed by atoms with E-state index in [9.17, 15) is 0 Å². The van der Waals surface area contributed by atoms with Crippen LogP contribution in [-0.2, 0) is 25.7 Å². The first-order valence-electron chi connectivity index (χ1n) is 16.9. The van der Waals surface area contributed by atoms with Crippen LogP contribution in [0.4, 0.5) is 0 Å². The average Bonchev–Trinajstić information content (AvgIpc) is 3.11. The summed E-state index contributed by atoms with van der Waals surface area (Å²) in [6.45, 7) is 5.84. The normalized spacial score (nSPS) is 18.5. The predicted octanol–water partition coefficient (Wildman–Crippen LogP) is 8.19. The van der Waals surface area contributed by atoms with Gasteiger partial charge in [-0.25, -0.2) is 0 Å². The van der Waals surface area contributed by atoms with Crippen LogP contribution in [0.2, 0.25) is 0 Å². The van der Waals surface area contributed by atoms with Gasteiger partial charge in [-0.05, 0) is 98.4 Å². The Balaban J connectivity index is 0.00000197. The number of fused-ring (bicyclic) bond motifs is 2. The summed E-state index contributed by atoms with van der Waals surface area (Å²) >= 11 is 0. The van der Waals surface area contributed by atoms with Crippen molar-refractivity contribution in [1.82, 2.24) is 9.80 Å². The maximum atomic E-state index is 7.20. The van der Waals surface area contributed by atoms with Gasteiger partial charge in [0.15, 0.2) is 23.0 Å². The Kier molecular flexibility index (Phi) is 10.0. The standard InChI is InChI=1S/C38H42N2O6.C2H6/c1-39-15-13-25-20-28(41-3)22-33-35(25)29(39)17-23-7-10-27(11-8-23)45-32-19-24(9-12-31(32)42-4)18-30-36-26(14-16-40(30)2)21-34(43-5)37(44-6)38(36)46-33;1-2/h7-12,19-22,29-30H,13-18H2,1-6H3;1-2H3/t29-,30-;/m0./s1. The number of benzene rings is 4. The molecular weight excluding hydrogens is 604 g/mol. The van der Waals surface area contributed by atoms with Gasteiger partial charge in [0.1, 0.15) is 17.2 Å². The van der Waals surface area contributed by atoms with Crippen molar-refractivity contribution in [2.75, 3.05) is 55.6 Å². The Hall–Kier alpha value is -4.40. The molecule has 0 spiro atoms. The third kappa shape index (κ3) is 6.27. The molecule has 0 aromatic heterocycles. The summed E-state index contributed by atoms with van der Waals surface area (Å²) in [5.41, 5.74) is 7.06. The van der Waals surface area contributed by atoms with Crippen molar-refractivity contribution in [1.29, 1.82) is 0 Å². The Bertz CT molecular complexity index is 1750. The number of likely N-dealkylation sites (N-methyl/N-ethyl adjacent to an activating group) is 2. The highest BCUT2D eigenvalue weighted by Crippen LogP contribution is 2.52. The van der Waals surface area contributed by atoms with Gasteiger partial charge in [-0.15, -0.1) is 0 Å². The molecule has 8 rings (SSSR count). The minimum Gasteiger partial charge on any atom is -0.497 e. The van der Waals surface area contributed by atoms with Crippen molar-refractivity contribution in [2.45, 2.75) is 51.6 Å². The van der Waals surface area contributed by atoms with Crippen molar-refractivity contribution in [3.8, 4) is 46.0 Å². The molecule has 8 heteroatoms. The van der Waals surface area contributed by atoms with Crippen LogP contribution in [0.25, 0.3) is 0 Å². The minimum atomic E-state index is 0.00857. The molecule has 0 radical (unpaired) electrons. The predicted molar refractivity (Wildman–Crippen MR) is 189 cm³/mol. The lowest BCUT2D eigenvalue weighted by molar-refractivity contribution is 0.216. The second-order valence-corrected chi connectivity index (χ2v) is 12.4. The van der Waals surface area contributed by atoms with Crippen LogP contribution in [-0.4, -0.2) is 65.4 Å². The van der Waals surface area contributed by atoms with Crippen molar-refractivity contribution in [3.05, 3.63) is 94.0 Å². The molecule has 0 aliphatic carbocycles. The number of rotatable bonds is 4. The van der Waals surface area contributed by atoms with Gasteiger partial charge in [-0.3, -0.25) is 9.80 Å². The van der Waals surface area contributed by atoms with Crippen molar-refractivity contribution in [2.24, 2.45) is 0 Å². The number of hydrogen-bond acceptors (Lipinski definition) is 8. The third-order valence-corrected chi connectivity index (χ3v) is 9.83. The maximum absolute atomic E-state index is 7.20. The quantitative estimate of drug-likeness (QED) is 0.219. The Morgan fingerprint density at radius 3 is 1.88 bits per heavy atom. The monoisotopic (exact) mass is 652 g/mol. The van der Waals surface area contributed by atoms with Crippen LogP contribution < -0.4 is 28.4 Å². The molecule has 254 valence electrons. The summed E-state index contributed by atoms with van der Waals surface area (Å²) in [6.07, 6.45) is 3.31. The van der Waals surface area contributed by atoms with E-state index in [1.807, 2.05) is 38.1 Å². The van der Waals surface area contributed by atoms with E-state index in [0.29, 0.717) is 28.7 Å². The first-order chi connectivity index (χ1) is 23.4. The smallest absolute Gasteiger partial charge is 0.204 e. The summed E-state index contributed by atoms with van der Waals surface area (Å²) in [7, 11) is 11.1. The lowest BCUT2D eigenvalue weighted by Crippen LogP contribution is -2.34. The zero-order chi connectivity index (χ0) is 33.9. The van der Waals surface area contributed by atoms with Crippen LogP contribution >= 0.6 is 0 Å². The van der Waals surface area contributed by atoms with Crippen LogP contribution in [0, 0.1) is 0 Å². The van der Waals surface area contributed by atoms with Crippen LogP contribution in [0.15, 0.2) is 60.7 Å². The molecule has 4 heterocycles. The second kappa shape index (κ2) is 14.4. The molecule has 4 aliphatic heterocycles. The fourth-order valence-electron chi connectivity index (χ4n) is 7.31. The topological polar surface area (TPSA) is 61.9 Å². The Morgan fingerprint density at radius 2 is 1.23 bits per heavy atom. The van der Waals surface area contributed by atoms with Gasteiger partial charge in [0.05, 0.1) is 28.4 Å². The number of methoxy groups -OCH3 is 4. The fraction of sp³-hybridized carbons (Fsp3) is 0.400.